The van der Waals surface area contributed by atoms with Crippen LogP contribution in [0.25, 0.3) is 0 Å². The van der Waals surface area contributed by atoms with Crippen LogP contribution in [0.4, 0.5) is 0 Å². The molecule has 5 heteroatoms. The van der Waals surface area contributed by atoms with Crippen LogP contribution in [0, 0.1) is 0 Å². The number of nitrogens with zero attached hydrogens (tertiary/aromatic N) is 2. The third kappa shape index (κ3) is 2.80. The number of carbonyl (C=O) groups is 1. The van der Waals surface area contributed by atoms with Gasteiger partial charge in [-0.3, -0.25) is 9.78 Å². The highest BCUT2D eigenvalue weighted by molar-refractivity contribution is 5.94. The topological polar surface area (TPSA) is 62.7 Å². The first-order chi connectivity index (χ1) is 10.7. The lowest BCUT2D eigenvalue weighted by Gasteiger charge is -2.25. The van der Waals surface area contributed by atoms with Gasteiger partial charge in [0.25, 0.3) is 5.91 Å². The molecule has 0 bridgehead atoms. The Labute approximate surface area is 129 Å². The number of methoxy groups -OCH3 is 1. The van der Waals surface area contributed by atoms with Gasteiger partial charge in [0.2, 0.25) is 0 Å². The molecule has 5 nitrogen and oxygen atoms in total. The Kier molecular flexibility index (Phi) is 4.06. The van der Waals surface area contributed by atoms with E-state index in [-0.39, 0.29) is 11.9 Å². The van der Waals surface area contributed by atoms with Gasteiger partial charge in [0.1, 0.15) is 5.75 Å². The summed E-state index contributed by atoms with van der Waals surface area (Å²) < 4.78 is 5.25. The molecular formula is C17H18N2O3. The predicted molar refractivity (Wildman–Crippen MR) is 81.6 cm³/mol. The summed E-state index contributed by atoms with van der Waals surface area (Å²) in [5.41, 5.74) is 1.50. The van der Waals surface area contributed by atoms with E-state index in [2.05, 4.69) is 4.98 Å². The number of likely N-dealkylation sites (tertiary alicyclic amines) is 1. The van der Waals surface area contributed by atoms with E-state index in [1.165, 1.54) is 0 Å². The number of ether oxygens (including phenoxy) is 1. The van der Waals surface area contributed by atoms with Gasteiger partial charge in [0, 0.05) is 18.9 Å². The van der Waals surface area contributed by atoms with Crippen LogP contribution in [0.3, 0.4) is 0 Å². The lowest BCUT2D eigenvalue weighted by Crippen LogP contribution is -2.31. The van der Waals surface area contributed by atoms with Crippen molar-refractivity contribution >= 4 is 5.91 Å². The number of aliphatic hydroxyl groups excluding tert-OH is 1. The molecule has 2 aromatic rings. The summed E-state index contributed by atoms with van der Waals surface area (Å²) in [5.74, 6) is 0.630. The Morgan fingerprint density at radius 3 is 2.95 bits per heavy atom. The van der Waals surface area contributed by atoms with E-state index in [1.54, 1.807) is 36.5 Å². The zero-order chi connectivity index (χ0) is 15.5. The maximum Gasteiger partial charge on any atom is 0.256 e. The first kappa shape index (κ1) is 14.5. The number of rotatable bonds is 3. The van der Waals surface area contributed by atoms with E-state index in [4.69, 9.17) is 4.74 Å². The van der Waals surface area contributed by atoms with E-state index in [9.17, 15) is 9.90 Å². The second-order valence-corrected chi connectivity index (χ2v) is 5.38. The van der Waals surface area contributed by atoms with E-state index in [0.29, 0.717) is 18.5 Å². The van der Waals surface area contributed by atoms with E-state index in [1.807, 2.05) is 24.3 Å². The average Bonchev–Trinajstić information content (AvgIpc) is 2.97. The van der Waals surface area contributed by atoms with Crippen LogP contribution >= 0.6 is 0 Å². The van der Waals surface area contributed by atoms with Crippen LogP contribution < -0.4 is 4.74 Å². The van der Waals surface area contributed by atoms with Gasteiger partial charge in [0.05, 0.1) is 24.8 Å². The smallest absolute Gasteiger partial charge is 0.256 e. The van der Waals surface area contributed by atoms with Crippen molar-refractivity contribution in [2.24, 2.45) is 0 Å². The number of aliphatic hydroxyl groups is 1. The number of β-amino-alcohol motifs (C(OH)–C–C–N with tert-alkyl or cyclic N) is 1. The minimum absolute atomic E-state index is 0.113. The van der Waals surface area contributed by atoms with Crippen molar-refractivity contribution in [2.45, 2.75) is 18.6 Å². The van der Waals surface area contributed by atoms with E-state index < -0.39 is 6.10 Å². The Hall–Kier alpha value is -2.40. The molecule has 22 heavy (non-hydrogen) atoms. The zero-order valence-electron chi connectivity index (χ0n) is 12.3. The van der Waals surface area contributed by atoms with Gasteiger partial charge in [-0.15, -0.1) is 0 Å². The summed E-state index contributed by atoms with van der Waals surface area (Å²) in [5, 5.41) is 10.0. The first-order valence-corrected chi connectivity index (χ1v) is 7.22. The molecule has 0 saturated carbocycles. The van der Waals surface area contributed by atoms with E-state index >= 15 is 0 Å². The largest absolute Gasteiger partial charge is 0.497 e. The highest BCUT2D eigenvalue weighted by atomic mass is 16.5. The van der Waals surface area contributed by atoms with Gasteiger partial charge in [-0.05, 0) is 36.2 Å². The molecule has 1 aromatic heterocycles. The molecule has 1 aliphatic heterocycles. The molecule has 1 fully saturated rings. The summed E-state index contributed by atoms with van der Waals surface area (Å²) >= 11 is 0. The van der Waals surface area contributed by atoms with Gasteiger partial charge in [-0.25, -0.2) is 0 Å². The Balaban J connectivity index is 1.90. The second-order valence-electron chi connectivity index (χ2n) is 5.38. The monoisotopic (exact) mass is 298 g/mol. The molecule has 0 radical (unpaired) electrons. The van der Waals surface area contributed by atoms with Crippen molar-refractivity contribution < 1.29 is 14.6 Å². The second kappa shape index (κ2) is 6.15. The van der Waals surface area contributed by atoms with Crippen molar-refractivity contribution in [3.05, 3.63) is 59.9 Å². The summed E-state index contributed by atoms with van der Waals surface area (Å²) in [6.07, 6.45) is 3.20. The molecule has 1 aliphatic rings. The molecule has 0 spiro atoms. The van der Waals surface area contributed by atoms with Crippen LogP contribution in [-0.4, -0.2) is 40.7 Å². The molecule has 1 N–H and O–H groups in total. The normalized spacial score (nSPS) is 20.9. The number of hydrogen-bond donors (Lipinski definition) is 1. The fourth-order valence-corrected chi connectivity index (χ4v) is 2.86. The standard InChI is InChI=1S/C17H18N2O3/c1-22-15-6-2-4-12(8-15)16-9-14(20)11-19(16)17(21)13-5-3-7-18-10-13/h2-8,10,14,16,20H,9,11H2,1H3/t14-,16-/m0/s1. The summed E-state index contributed by atoms with van der Waals surface area (Å²) in [6.45, 7) is 0.329. The molecule has 1 saturated heterocycles. The van der Waals surface area contributed by atoms with Gasteiger partial charge in [0.15, 0.2) is 0 Å². The maximum absolute atomic E-state index is 12.7. The number of aromatic nitrogens is 1. The lowest BCUT2D eigenvalue weighted by atomic mass is 10.0. The molecule has 0 aliphatic carbocycles. The first-order valence-electron chi connectivity index (χ1n) is 7.22. The Morgan fingerprint density at radius 1 is 1.36 bits per heavy atom. The Morgan fingerprint density at radius 2 is 2.23 bits per heavy atom. The van der Waals surface area contributed by atoms with Crippen LogP contribution in [0.2, 0.25) is 0 Å². The molecule has 2 atom stereocenters. The fraction of sp³-hybridized carbons (Fsp3) is 0.294. The van der Waals surface area contributed by atoms with Crippen LogP contribution in [-0.2, 0) is 0 Å². The molecule has 2 heterocycles. The third-order valence-electron chi connectivity index (χ3n) is 3.93. The number of hydrogen-bond acceptors (Lipinski definition) is 4. The van der Waals surface area contributed by atoms with Crippen LogP contribution in [0.5, 0.6) is 5.75 Å². The fourth-order valence-electron chi connectivity index (χ4n) is 2.86. The summed E-state index contributed by atoms with van der Waals surface area (Å²) in [6, 6.07) is 10.9. The minimum atomic E-state index is -0.517. The lowest BCUT2D eigenvalue weighted by molar-refractivity contribution is 0.0715. The van der Waals surface area contributed by atoms with Gasteiger partial charge >= 0.3 is 0 Å². The molecule has 1 aromatic carbocycles. The third-order valence-corrected chi connectivity index (χ3v) is 3.93. The molecule has 3 rings (SSSR count). The summed E-state index contributed by atoms with van der Waals surface area (Å²) in [4.78, 5) is 18.4. The minimum Gasteiger partial charge on any atom is -0.497 e. The number of carbonyl (C=O) groups excluding carboxylic acids is 1. The van der Waals surface area contributed by atoms with Crippen LogP contribution in [0.1, 0.15) is 28.4 Å². The predicted octanol–water partition coefficient (Wildman–Crippen LogP) is 2.04. The zero-order valence-corrected chi connectivity index (χ0v) is 12.3. The van der Waals surface area contributed by atoms with Crippen molar-refractivity contribution in [3.63, 3.8) is 0 Å². The molecule has 1 amide bonds. The number of pyridine rings is 1. The van der Waals surface area contributed by atoms with Crippen molar-refractivity contribution in [1.82, 2.24) is 9.88 Å². The maximum atomic E-state index is 12.7. The van der Waals surface area contributed by atoms with E-state index in [0.717, 1.165) is 11.3 Å². The highest BCUT2D eigenvalue weighted by Crippen LogP contribution is 2.34. The number of amides is 1. The molecular weight excluding hydrogens is 280 g/mol. The van der Waals surface area contributed by atoms with Crippen molar-refractivity contribution in [3.8, 4) is 5.75 Å². The van der Waals surface area contributed by atoms with Crippen molar-refractivity contribution in [2.75, 3.05) is 13.7 Å². The average molecular weight is 298 g/mol. The number of benzene rings is 1. The quantitative estimate of drug-likeness (QED) is 0.942. The van der Waals surface area contributed by atoms with Gasteiger partial charge in [-0.1, -0.05) is 12.1 Å². The van der Waals surface area contributed by atoms with Gasteiger partial charge < -0.3 is 14.7 Å². The molecule has 114 valence electrons. The Bertz CT molecular complexity index is 660. The highest BCUT2D eigenvalue weighted by Gasteiger charge is 2.35. The molecule has 0 unspecified atom stereocenters. The SMILES string of the molecule is COc1cccc([C@@H]2C[C@H](O)CN2C(=O)c2cccnc2)c1. The summed E-state index contributed by atoms with van der Waals surface area (Å²) in [7, 11) is 1.61. The van der Waals surface area contributed by atoms with Gasteiger partial charge in [-0.2, -0.15) is 0 Å². The van der Waals surface area contributed by atoms with Crippen molar-refractivity contribution in [1.29, 1.82) is 0 Å². The van der Waals surface area contributed by atoms with Crippen LogP contribution in [0.15, 0.2) is 48.8 Å².